The zero-order valence-electron chi connectivity index (χ0n) is 15.1. The fourth-order valence-electron chi connectivity index (χ4n) is 2.89. The summed E-state index contributed by atoms with van der Waals surface area (Å²) in [4.78, 5) is 37.8. The molecule has 1 heterocycles. The van der Waals surface area contributed by atoms with Gasteiger partial charge in [-0.2, -0.15) is 0 Å². The van der Waals surface area contributed by atoms with Crippen LogP contribution in [0.1, 0.15) is 29.9 Å². The molecule has 0 unspecified atom stereocenters. The Balaban J connectivity index is 2.35. The molecule has 144 valence electrons. The van der Waals surface area contributed by atoms with E-state index in [1.165, 1.54) is 13.0 Å². The first-order valence-corrected chi connectivity index (χ1v) is 9.18. The summed E-state index contributed by atoms with van der Waals surface area (Å²) in [7, 11) is 0. The number of anilines is 1. The maximum atomic E-state index is 13.3. The average molecular weight is 419 g/mol. The van der Waals surface area contributed by atoms with E-state index in [1.807, 2.05) is 0 Å². The van der Waals surface area contributed by atoms with E-state index in [2.05, 4.69) is 5.32 Å². The number of nitrogens with one attached hydrogen (secondary N) is 1. The van der Waals surface area contributed by atoms with Crippen LogP contribution in [0, 0.1) is 0 Å². The number of carbonyl (C=O) groups excluding carboxylic acids is 3. The number of fused-ring (bicyclic) bond motifs is 1. The van der Waals surface area contributed by atoms with Gasteiger partial charge in [-0.15, -0.1) is 0 Å². The Labute approximate surface area is 171 Å². The van der Waals surface area contributed by atoms with Gasteiger partial charge in [-0.1, -0.05) is 23.2 Å². The zero-order valence-corrected chi connectivity index (χ0v) is 16.6. The van der Waals surface area contributed by atoms with Crippen molar-refractivity contribution in [2.24, 2.45) is 0 Å². The zero-order chi connectivity index (χ0) is 20.4. The first-order valence-electron chi connectivity index (χ1n) is 8.42. The third-order valence-electron chi connectivity index (χ3n) is 4.00. The van der Waals surface area contributed by atoms with Crippen molar-refractivity contribution < 1.29 is 19.1 Å². The van der Waals surface area contributed by atoms with Crippen molar-refractivity contribution in [2.75, 3.05) is 11.9 Å². The lowest BCUT2D eigenvalue weighted by Gasteiger charge is -2.10. The molecule has 1 N–H and O–H groups in total. The number of ketones is 1. The standard InChI is InChI=1S/C20H16Cl2N2O4/c1-3-28-20(27)24-16-10-14(22)8-9-15(16)17(23-11(2)25)18(24)19(26)12-4-6-13(21)7-5-12/h4-10H,3H2,1-2H3,(H,23,25). The number of benzene rings is 2. The van der Waals surface area contributed by atoms with Gasteiger partial charge in [0.05, 0.1) is 17.8 Å². The number of hydrogen-bond donors (Lipinski definition) is 1. The summed E-state index contributed by atoms with van der Waals surface area (Å²) < 4.78 is 6.27. The number of aromatic nitrogens is 1. The maximum Gasteiger partial charge on any atom is 0.419 e. The highest BCUT2D eigenvalue weighted by molar-refractivity contribution is 6.32. The van der Waals surface area contributed by atoms with E-state index in [0.29, 0.717) is 26.5 Å². The lowest BCUT2D eigenvalue weighted by atomic mass is 10.1. The first kappa shape index (κ1) is 19.9. The van der Waals surface area contributed by atoms with Crippen LogP contribution in [0.5, 0.6) is 0 Å². The maximum absolute atomic E-state index is 13.3. The number of carbonyl (C=O) groups is 3. The van der Waals surface area contributed by atoms with E-state index >= 15 is 0 Å². The van der Waals surface area contributed by atoms with Gasteiger partial charge in [0.15, 0.2) is 0 Å². The molecule has 1 aromatic heterocycles. The Morgan fingerprint density at radius 1 is 1.04 bits per heavy atom. The van der Waals surface area contributed by atoms with Gasteiger partial charge in [0.25, 0.3) is 0 Å². The smallest absolute Gasteiger partial charge is 0.419 e. The van der Waals surface area contributed by atoms with E-state index < -0.39 is 11.9 Å². The van der Waals surface area contributed by atoms with Crippen molar-refractivity contribution >= 4 is 57.6 Å². The molecule has 0 aliphatic heterocycles. The van der Waals surface area contributed by atoms with Crippen molar-refractivity contribution in [1.82, 2.24) is 4.57 Å². The molecule has 0 atom stereocenters. The highest BCUT2D eigenvalue weighted by atomic mass is 35.5. The summed E-state index contributed by atoms with van der Waals surface area (Å²) in [6, 6.07) is 11.0. The minimum absolute atomic E-state index is 0.0201. The van der Waals surface area contributed by atoms with Crippen LogP contribution in [0.15, 0.2) is 42.5 Å². The molecule has 0 saturated heterocycles. The Bertz CT molecular complexity index is 1090. The molecule has 0 saturated carbocycles. The third kappa shape index (κ3) is 3.74. The summed E-state index contributed by atoms with van der Waals surface area (Å²) in [5.41, 5.74) is 0.850. The van der Waals surface area contributed by atoms with Gasteiger partial charge in [0, 0.05) is 27.9 Å². The molecule has 0 aliphatic carbocycles. The molecule has 0 fully saturated rings. The molecular formula is C20H16Cl2N2O4. The molecule has 3 aromatic rings. The minimum atomic E-state index is -0.747. The Morgan fingerprint density at radius 3 is 2.29 bits per heavy atom. The number of halogens is 2. The van der Waals surface area contributed by atoms with Crippen molar-refractivity contribution in [2.45, 2.75) is 13.8 Å². The highest BCUT2D eigenvalue weighted by Crippen LogP contribution is 2.35. The molecule has 6 nitrogen and oxygen atoms in total. The highest BCUT2D eigenvalue weighted by Gasteiger charge is 2.28. The average Bonchev–Trinajstić information content (AvgIpc) is 2.94. The van der Waals surface area contributed by atoms with E-state index in [4.69, 9.17) is 27.9 Å². The molecule has 0 bridgehead atoms. The van der Waals surface area contributed by atoms with Gasteiger partial charge in [-0.25, -0.2) is 9.36 Å². The lowest BCUT2D eigenvalue weighted by Crippen LogP contribution is -2.21. The third-order valence-corrected chi connectivity index (χ3v) is 4.49. The Hall–Kier alpha value is -2.83. The summed E-state index contributed by atoms with van der Waals surface area (Å²) in [6.07, 6.45) is -0.747. The summed E-state index contributed by atoms with van der Waals surface area (Å²) in [5.74, 6) is -0.858. The molecule has 0 aliphatic rings. The van der Waals surface area contributed by atoms with Crippen LogP contribution in [0.3, 0.4) is 0 Å². The number of ether oxygens (including phenoxy) is 1. The van der Waals surface area contributed by atoms with Crippen LogP contribution in [-0.4, -0.2) is 29.0 Å². The molecule has 1 amide bonds. The van der Waals surface area contributed by atoms with E-state index in [9.17, 15) is 14.4 Å². The van der Waals surface area contributed by atoms with Crippen LogP contribution >= 0.6 is 23.2 Å². The fraction of sp³-hybridized carbons (Fsp3) is 0.150. The summed E-state index contributed by atoms with van der Waals surface area (Å²) in [5, 5.41) is 3.99. The van der Waals surface area contributed by atoms with Gasteiger partial charge in [0.2, 0.25) is 11.7 Å². The number of amides is 1. The predicted molar refractivity (Wildman–Crippen MR) is 109 cm³/mol. The van der Waals surface area contributed by atoms with Gasteiger partial charge >= 0.3 is 6.09 Å². The van der Waals surface area contributed by atoms with Crippen LogP contribution in [0.25, 0.3) is 10.9 Å². The second kappa shape index (κ2) is 8.04. The monoisotopic (exact) mass is 418 g/mol. The SMILES string of the molecule is CCOC(=O)n1c(C(=O)c2ccc(Cl)cc2)c(NC(C)=O)c2ccc(Cl)cc21. The second-order valence-electron chi connectivity index (χ2n) is 5.94. The molecular weight excluding hydrogens is 403 g/mol. The topological polar surface area (TPSA) is 77.4 Å². The molecule has 8 heteroatoms. The molecule has 28 heavy (non-hydrogen) atoms. The number of hydrogen-bond acceptors (Lipinski definition) is 4. The van der Waals surface area contributed by atoms with Crippen molar-refractivity contribution in [3.8, 4) is 0 Å². The van der Waals surface area contributed by atoms with Gasteiger partial charge in [-0.05, 0) is 49.4 Å². The number of rotatable bonds is 4. The van der Waals surface area contributed by atoms with Crippen LogP contribution < -0.4 is 5.32 Å². The van der Waals surface area contributed by atoms with E-state index in [0.717, 1.165) is 4.57 Å². The van der Waals surface area contributed by atoms with Gasteiger partial charge in [-0.3, -0.25) is 9.59 Å². The molecule has 0 spiro atoms. The van der Waals surface area contributed by atoms with Crippen molar-refractivity contribution in [1.29, 1.82) is 0 Å². The summed E-state index contributed by atoms with van der Waals surface area (Å²) >= 11 is 12.0. The van der Waals surface area contributed by atoms with Crippen LogP contribution in [-0.2, 0) is 9.53 Å². The minimum Gasteiger partial charge on any atom is -0.449 e. The predicted octanol–water partition coefficient (Wildman–Crippen LogP) is 5.14. The lowest BCUT2D eigenvalue weighted by molar-refractivity contribution is -0.114. The second-order valence-corrected chi connectivity index (χ2v) is 6.81. The van der Waals surface area contributed by atoms with Gasteiger partial charge < -0.3 is 10.1 Å². The van der Waals surface area contributed by atoms with Gasteiger partial charge in [0.1, 0.15) is 5.69 Å². The van der Waals surface area contributed by atoms with Crippen LogP contribution in [0.2, 0.25) is 10.0 Å². The number of nitrogens with zero attached hydrogens (tertiary/aromatic N) is 1. The first-order chi connectivity index (χ1) is 13.3. The Morgan fingerprint density at radius 2 is 1.68 bits per heavy atom. The molecule has 2 aromatic carbocycles. The molecule has 3 rings (SSSR count). The van der Waals surface area contributed by atoms with Crippen LogP contribution in [0.4, 0.5) is 10.5 Å². The molecule has 0 radical (unpaired) electrons. The largest absolute Gasteiger partial charge is 0.449 e. The fourth-order valence-corrected chi connectivity index (χ4v) is 3.19. The van der Waals surface area contributed by atoms with Crippen molar-refractivity contribution in [3.63, 3.8) is 0 Å². The van der Waals surface area contributed by atoms with E-state index in [-0.39, 0.29) is 23.9 Å². The van der Waals surface area contributed by atoms with E-state index in [1.54, 1.807) is 43.3 Å². The summed E-state index contributed by atoms with van der Waals surface area (Å²) in [6.45, 7) is 3.09. The Kier molecular flexibility index (Phi) is 5.72. The quantitative estimate of drug-likeness (QED) is 0.594. The normalized spacial score (nSPS) is 10.7. The van der Waals surface area contributed by atoms with Crippen molar-refractivity contribution in [3.05, 3.63) is 63.8 Å².